The predicted molar refractivity (Wildman–Crippen MR) is 72.8 cm³/mol. The maximum atomic E-state index is 13.7. The van der Waals surface area contributed by atoms with Crippen LogP contribution in [0.5, 0.6) is 0 Å². The van der Waals surface area contributed by atoms with Crippen LogP contribution in [0.4, 0.5) is 13.2 Å². The molecule has 0 aliphatic carbocycles. The van der Waals surface area contributed by atoms with Gasteiger partial charge >= 0.3 is 0 Å². The highest BCUT2D eigenvalue weighted by atomic mass is 19.2. The lowest BCUT2D eigenvalue weighted by Gasteiger charge is -2.03. The summed E-state index contributed by atoms with van der Waals surface area (Å²) < 4.78 is 39.9. The highest BCUT2D eigenvalue weighted by Crippen LogP contribution is 2.24. The molecule has 0 spiro atoms. The smallest absolute Gasteiger partial charge is 0.198 e. The van der Waals surface area contributed by atoms with E-state index >= 15 is 0 Å². The molecule has 0 atom stereocenters. The summed E-state index contributed by atoms with van der Waals surface area (Å²) in [5, 5.41) is 0.615. The summed E-state index contributed by atoms with van der Waals surface area (Å²) in [6.45, 7) is 1.86. The van der Waals surface area contributed by atoms with E-state index in [4.69, 9.17) is 0 Å². The van der Waals surface area contributed by atoms with Crippen molar-refractivity contribution >= 4 is 16.7 Å². The summed E-state index contributed by atoms with van der Waals surface area (Å²) in [5.74, 6) is -5.12. The molecule has 21 heavy (non-hydrogen) atoms. The summed E-state index contributed by atoms with van der Waals surface area (Å²) in [7, 11) is 0. The number of benzene rings is 2. The normalized spacial score (nSPS) is 11.0. The van der Waals surface area contributed by atoms with Gasteiger partial charge in [-0.2, -0.15) is 0 Å². The number of hydrogen-bond acceptors (Lipinski definition) is 1. The Morgan fingerprint density at radius 3 is 2.52 bits per heavy atom. The Morgan fingerprint density at radius 1 is 1.00 bits per heavy atom. The van der Waals surface area contributed by atoms with Gasteiger partial charge in [-0.15, -0.1) is 0 Å². The minimum Gasteiger partial charge on any atom is -0.360 e. The lowest BCUT2D eigenvalue weighted by Crippen LogP contribution is -2.06. The molecule has 0 saturated carbocycles. The van der Waals surface area contributed by atoms with Gasteiger partial charge in [0.1, 0.15) is 0 Å². The number of aromatic nitrogens is 1. The van der Waals surface area contributed by atoms with Crippen LogP contribution in [0.3, 0.4) is 0 Å². The molecule has 0 aliphatic heterocycles. The number of nitrogens with one attached hydrogen (secondary N) is 1. The molecule has 0 unspecified atom stereocenters. The molecule has 3 rings (SSSR count). The summed E-state index contributed by atoms with van der Waals surface area (Å²) in [4.78, 5) is 15.3. The largest absolute Gasteiger partial charge is 0.360 e. The Balaban J connectivity index is 2.17. The van der Waals surface area contributed by atoms with E-state index in [0.29, 0.717) is 10.9 Å². The number of halogens is 3. The van der Waals surface area contributed by atoms with Crippen LogP contribution in [0.1, 0.15) is 21.5 Å². The Kier molecular flexibility index (Phi) is 3.05. The molecule has 0 radical (unpaired) electrons. The zero-order chi connectivity index (χ0) is 15.1. The van der Waals surface area contributed by atoms with Gasteiger partial charge in [0, 0.05) is 22.7 Å². The third-order valence-corrected chi connectivity index (χ3v) is 3.36. The summed E-state index contributed by atoms with van der Waals surface area (Å²) >= 11 is 0. The highest BCUT2D eigenvalue weighted by molar-refractivity contribution is 6.16. The van der Waals surface area contributed by atoms with E-state index < -0.39 is 28.8 Å². The van der Waals surface area contributed by atoms with Crippen LogP contribution in [0.2, 0.25) is 0 Å². The van der Waals surface area contributed by atoms with Crippen molar-refractivity contribution in [1.29, 1.82) is 0 Å². The summed E-state index contributed by atoms with van der Waals surface area (Å²) in [6.07, 6.45) is 1.44. The van der Waals surface area contributed by atoms with Gasteiger partial charge in [0.15, 0.2) is 23.2 Å². The summed E-state index contributed by atoms with van der Waals surface area (Å²) in [6, 6.07) is 7.13. The van der Waals surface area contributed by atoms with Crippen LogP contribution >= 0.6 is 0 Å². The zero-order valence-corrected chi connectivity index (χ0v) is 11.0. The quantitative estimate of drug-likeness (QED) is 0.558. The van der Waals surface area contributed by atoms with Gasteiger partial charge in [0.05, 0.1) is 5.56 Å². The molecule has 2 aromatic carbocycles. The van der Waals surface area contributed by atoms with Crippen molar-refractivity contribution in [2.45, 2.75) is 6.92 Å². The number of aryl methyl sites for hydroxylation is 1. The number of rotatable bonds is 2. The van der Waals surface area contributed by atoms with E-state index in [1.54, 1.807) is 12.1 Å². The molecule has 0 saturated heterocycles. The fourth-order valence-electron chi connectivity index (χ4n) is 2.27. The number of carbonyl (C=O) groups excluding carboxylic acids is 1. The maximum absolute atomic E-state index is 13.7. The van der Waals surface area contributed by atoms with Crippen LogP contribution in [0.15, 0.2) is 36.5 Å². The molecule has 0 aliphatic rings. The molecule has 2 nitrogen and oxygen atoms in total. The van der Waals surface area contributed by atoms with Gasteiger partial charge < -0.3 is 4.98 Å². The lowest BCUT2D eigenvalue weighted by molar-refractivity contribution is 0.103. The molecule has 0 fully saturated rings. The second-order valence-corrected chi connectivity index (χ2v) is 4.80. The van der Waals surface area contributed by atoms with E-state index in [-0.39, 0.29) is 5.56 Å². The minimum atomic E-state index is -1.64. The van der Waals surface area contributed by atoms with Crippen LogP contribution < -0.4 is 0 Å². The fraction of sp³-hybridized carbons (Fsp3) is 0.0625. The third kappa shape index (κ3) is 2.11. The van der Waals surface area contributed by atoms with Gasteiger partial charge in [-0.25, -0.2) is 13.2 Å². The number of carbonyl (C=O) groups is 1. The molecule has 3 aromatic rings. The third-order valence-electron chi connectivity index (χ3n) is 3.36. The van der Waals surface area contributed by atoms with Gasteiger partial charge in [-0.05, 0) is 31.2 Å². The second-order valence-electron chi connectivity index (χ2n) is 4.80. The SMILES string of the molecule is Cc1ccc2[nH]cc(C(=O)c3ccc(F)c(F)c3F)c2c1. The maximum Gasteiger partial charge on any atom is 0.198 e. The molecule has 1 aromatic heterocycles. The molecule has 0 amide bonds. The lowest BCUT2D eigenvalue weighted by atomic mass is 10.0. The van der Waals surface area contributed by atoms with E-state index in [1.807, 2.05) is 13.0 Å². The monoisotopic (exact) mass is 289 g/mol. The van der Waals surface area contributed by atoms with Gasteiger partial charge in [-0.3, -0.25) is 4.79 Å². The number of ketones is 1. The highest BCUT2D eigenvalue weighted by Gasteiger charge is 2.22. The zero-order valence-electron chi connectivity index (χ0n) is 11.0. The first kappa shape index (κ1) is 13.4. The van der Waals surface area contributed by atoms with Crippen LogP contribution in [-0.2, 0) is 0 Å². The molecule has 0 bridgehead atoms. The number of hydrogen-bond donors (Lipinski definition) is 1. The minimum absolute atomic E-state index is 0.221. The number of H-pyrrole nitrogens is 1. The van der Waals surface area contributed by atoms with E-state index in [2.05, 4.69) is 4.98 Å². The number of aromatic amines is 1. The van der Waals surface area contributed by atoms with Gasteiger partial charge in [0.25, 0.3) is 0 Å². The first-order valence-corrected chi connectivity index (χ1v) is 6.25. The van der Waals surface area contributed by atoms with Crippen molar-refractivity contribution in [3.63, 3.8) is 0 Å². The average molecular weight is 289 g/mol. The molecule has 106 valence electrons. The standard InChI is InChI=1S/C16H10F3NO/c1-8-2-5-13-10(6-8)11(7-20-13)16(21)9-3-4-12(17)15(19)14(9)18/h2-7,20H,1H3. The predicted octanol–water partition coefficient (Wildman–Crippen LogP) is 4.12. The molecular formula is C16H10F3NO. The van der Waals surface area contributed by atoms with Crippen molar-refractivity contribution in [2.24, 2.45) is 0 Å². The first-order chi connectivity index (χ1) is 9.99. The van der Waals surface area contributed by atoms with Crippen molar-refractivity contribution in [1.82, 2.24) is 4.98 Å². The Hall–Kier alpha value is -2.56. The van der Waals surface area contributed by atoms with Crippen LogP contribution in [0, 0.1) is 24.4 Å². The first-order valence-electron chi connectivity index (χ1n) is 6.25. The van der Waals surface area contributed by atoms with E-state index in [9.17, 15) is 18.0 Å². The van der Waals surface area contributed by atoms with E-state index in [0.717, 1.165) is 17.7 Å². The van der Waals surface area contributed by atoms with Crippen LogP contribution in [-0.4, -0.2) is 10.8 Å². The second kappa shape index (κ2) is 4.77. The van der Waals surface area contributed by atoms with Gasteiger partial charge in [-0.1, -0.05) is 11.6 Å². The fourth-order valence-corrected chi connectivity index (χ4v) is 2.27. The van der Waals surface area contributed by atoms with Crippen LogP contribution in [0.25, 0.3) is 10.9 Å². The molecule has 1 N–H and O–H groups in total. The average Bonchev–Trinajstić information content (AvgIpc) is 2.87. The molecule has 1 heterocycles. The number of fused-ring (bicyclic) bond motifs is 1. The molecule has 5 heteroatoms. The Morgan fingerprint density at radius 2 is 1.76 bits per heavy atom. The molecular weight excluding hydrogens is 279 g/mol. The van der Waals surface area contributed by atoms with Crippen molar-refractivity contribution in [3.05, 3.63) is 70.7 Å². The Bertz CT molecular complexity index is 867. The van der Waals surface area contributed by atoms with Crippen molar-refractivity contribution < 1.29 is 18.0 Å². The van der Waals surface area contributed by atoms with Crippen molar-refractivity contribution in [2.75, 3.05) is 0 Å². The Labute approximate surface area is 118 Å². The summed E-state index contributed by atoms with van der Waals surface area (Å²) in [5.41, 5.74) is 1.38. The topological polar surface area (TPSA) is 32.9 Å². The van der Waals surface area contributed by atoms with Gasteiger partial charge in [0.2, 0.25) is 0 Å². The van der Waals surface area contributed by atoms with Crippen molar-refractivity contribution in [3.8, 4) is 0 Å². The van der Waals surface area contributed by atoms with E-state index in [1.165, 1.54) is 6.20 Å².